The molecular formula is C28H30F14N2O. The average molecular weight is 677 g/mol. The van der Waals surface area contributed by atoms with E-state index in [0.29, 0.717) is 11.4 Å². The van der Waals surface area contributed by atoms with Crippen LogP contribution >= 0.6 is 0 Å². The number of alkyl halides is 14. The van der Waals surface area contributed by atoms with Crippen molar-refractivity contribution in [3.05, 3.63) is 42.2 Å². The van der Waals surface area contributed by atoms with E-state index in [1.807, 2.05) is 0 Å². The highest BCUT2D eigenvalue weighted by Crippen LogP contribution is 2.60. The monoisotopic (exact) mass is 676 g/mol. The maximum absolute atomic E-state index is 14.1. The van der Waals surface area contributed by atoms with Crippen LogP contribution in [-0.2, 0) is 6.42 Å². The zero-order valence-corrected chi connectivity index (χ0v) is 23.7. The second kappa shape index (κ2) is 14.7. The Bertz CT molecular complexity index is 1190. The average Bonchev–Trinajstić information content (AvgIpc) is 2.96. The first-order valence-electron chi connectivity index (χ1n) is 13.8. The Morgan fingerprint density at radius 1 is 0.667 bits per heavy atom. The molecule has 1 aromatic carbocycles. The number of halogens is 14. The molecule has 0 unspecified atom stereocenters. The van der Waals surface area contributed by atoms with Crippen molar-refractivity contribution in [3.8, 4) is 17.1 Å². The number of unbranched alkanes of at least 4 members (excludes halogenated alkanes) is 5. The maximum atomic E-state index is 14.1. The highest BCUT2D eigenvalue weighted by molar-refractivity contribution is 5.55. The maximum Gasteiger partial charge on any atom is 0.460 e. The summed E-state index contributed by atoms with van der Waals surface area (Å²) in [5, 5.41) is 0. The molecule has 0 N–H and O–H groups in total. The first-order valence-corrected chi connectivity index (χ1v) is 13.8. The molecule has 0 aliphatic rings. The van der Waals surface area contributed by atoms with Gasteiger partial charge in [-0.1, -0.05) is 39.0 Å². The lowest BCUT2D eigenvalue weighted by molar-refractivity contribution is -0.440. The molecule has 2 rings (SSSR count). The van der Waals surface area contributed by atoms with Crippen LogP contribution in [0.2, 0.25) is 0 Å². The van der Waals surface area contributed by atoms with Gasteiger partial charge in [-0.3, -0.25) is 0 Å². The molecule has 2 aromatic rings. The summed E-state index contributed by atoms with van der Waals surface area (Å²) in [5.74, 6) is -37.2. The van der Waals surface area contributed by atoms with Crippen LogP contribution in [0, 0.1) is 0 Å². The van der Waals surface area contributed by atoms with Crippen molar-refractivity contribution in [2.24, 2.45) is 0 Å². The quantitative estimate of drug-likeness (QED) is 0.116. The Hall–Kier alpha value is -2.88. The van der Waals surface area contributed by atoms with Crippen LogP contribution in [0.25, 0.3) is 11.4 Å². The number of aryl methyl sites for hydroxylation is 1. The van der Waals surface area contributed by atoms with E-state index < -0.39 is 61.4 Å². The van der Waals surface area contributed by atoms with E-state index in [0.717, 1.165) is 37.7 Å². The van der Waals surface area contributed by atoms with Crippen molar-refractivity contribution in [1.29, 1.82) is 0 Å². The Morgan fingerprint density at radius 3 is 1.71 bits per heavy atom. The van der Waals surface area contributed by atoms with Gasteiger partial charge in [0.05, 0.1) is 0 Å². The SMILES string of the molecule is CCCCCCCCc1cnc(-c2ccc(OC[C@@H](F)CCC(F)(F)C(F)(F)C(F)(F)C(F)(F)C(F)(F)C(F)(F)F)cc2)nc1. The summed E-state index contributed by atoms with van der Waals surface area (Å²) in [7, 11) is 0. The molecule has 0 aliphatic heterocycles. The summed E-state index contributed by atoms with van der Waals surface area (Å²) in [6.45, 7) is 1.01. The van der Waals surface area contributed by atoms with E-state index in [1.165, 1.54) is 37.1 Å². The molecule has 0 radical (unpaired) electrons. The number of rotatable bonds is 18. The Kier molecular flexibility index (Phi) is 12.5. The second-order valence-corrected chi connectivity index (χ2v) is 10.4. The summed E-state index contributed by atoms with van der Waals surface area (Å²) < 4.78 is 190. The lowest BCUT2D eigenvalue weighted by Crippen LogP contribution is -2.70. The highest BCUT2D eigenvalue weighted by Gasteiger charge is 2.90. The van der Waals surface area contributed by atoms with Crippen LogP contribution in [-0.4, -0.2) is 58.5 Å². The van der Waals surface area contributed by atoms with Crippen LogP contribution in [0.1, 0.15) is 63.9 Å². The molecule has 0 aliphatic carbocycles. The standard InChI is InChI=1S/C28H30F14N2O/c1-2-3-4-5-6-7-8-18-15-43-22(44-16-18)19-9-11-21(12-10-19)45-17-20(29)13-14-23(30,31)24(32,33)25(34,35)26(36,37)27(38,39)28(40,41)42/h9-12,15-16,20H,2-8,13-14,17H2,1H3/t20-/m0/s1. The Balaban J connectivity index is 1.93. The van der Waals surface area contributed by atoms with E-state index >= 15 is 0 Å². The van der Waals surface area contributed by atoms with Gasteiger partial charge in [-0.05, 0) is 49.1 Å². The zero-order valence-electron chi connectivity index (χ0n) is 23.7. The second-order valence-electron chi connectivity index (χ2n) is 10.4. The lowest BCUT2D eigenvalue weighted by Gasteiger charge is -2.39. The molecule has 1 atom stereocenters. The molecule has 0 saturated heterocycles. The van der Waals surface area contributed by atoms with Gasteiger partial charge in [0.2, 0.25) is 0 Å². The van der Waals surface area contributed by atoms with E-state index in [2.05, 4.69) is 16.9 Å². The predicted octanol–water partition coefficient (Wildman–Crippen LogP) is 10.3. The Labute approximate surface area is 249 Å². The van der Waals surface area contributed by atoms with Gasteiger partial charge in [-0.2, -0.15) is 57.1 Å². The number of ether oxygens (including phenoxy) is 1. The van der Waals surface area contributed by atoms with E-state index in [9.17, 15) is 61.5 Å². The number of aromatic nitrogens is 2. The molecule has 1 aromatic heterocycles. The summed E-state index contributed by atoms with van der Waals surface area (Å²) in [5.41, 5.74) is 1.43. The smallest absolute Gasteiger partial charge is 0.460 e. The van der Waals surface area contributed by atoms with Gasteiger partial charge in [0.1, 0.15) is 18.5 Å². The normalized spacial score (nSPS) is 14.5. The van der Waals surface area contributed by atoms with Crippen molar-refractivity contribution < 1.29 is 66.2 Å². The first-order chi connectivity index (χ1) is 20.6. The number of hydrogen-bond donors (Lipinski definition) is 0. The number of hydrogen-bond acceptors (Lipinski definition) is 3. The van der Waals surface area contributed by atoms with E-state index in [4.69, 9.17) is 4.74 Å². The van der Waals surface area contributed by atoms with Gasteiger partial charge in [-0.15, -0.1) is 0 Å². The van der Waals surface area contributed by atoms with Crippen molar-refractivity contribution in [3.63, 3.8) is 0 Å². The van der Waals surface area contributed by atoms with Crippen molar-refractivity contribution in [2.75, 3.05) is 6.61 Å². The van der Waals surface area contributed by atoms with E-state index in [1.54, 1.807) is 12.4 Å². The summed E-state index contributed by atoms with van der Waals surface area (Å²) in [4.78, 5) is 8.53. The summed E-state index contributed by atoms with van der Waals surface area (Å²) >= 11 is 0. The van der Waals surface area contributed by atoms with Gasteiger partial charge in [0, 0.05) is 24.4 Å². The molecular weight excluding hydrogens is 646 g/mol. The van der Waals surface area contributed by atoms with Crippen LogP contribution in [0.3, 0.4) is 0 Å². The van der Waals surface area contributed by atoms with Crippen molar-refractivity contribution in [2.45, 2.75) is 107 Å². The van der Waals surface area contributed by atoms with E-state index in [-0.39, 0.29) is 5.75 Å². The van der Waals surface area contributed by atoms with Crippen LogP contribution in [0.4, 0.5) is 61.5 Å². The van der Waals surface area contributed by atoms with Gasteiger partial charge >= 0.3 is 35.8 Å². The molecule has 256 valence electrons. The van der Waals surface area contributed by atoms with Gasteiger partial charge in [0.15, 0.2) is 5.82 Å². The van der Waals surface area contributed by atoms with Crippen LogP contribution in [0.15, 0.2) is 36.7 Å². The third-order valence-corrected chi connectivity index (χ3v) is 6.84. The summed E-state index contributed by atoms with van der Waals surface area (Å²) in [6, 6.07) is 5.45. The predicted molar refractivity (Wildman–Crippen MR) is 135 cm³/mol. The minimum absolute atomic E-state index is 0.0706. The molecule has 0 saturated carbocycles. The van der Waals surface area contributed by atoms with Gasteiger partial charge in [0.25, 0.3) is 0 Å². The fourth-order valence-corrected chi connectivity index (χ4v) is 4.01. The van der Waals surface area contributed by atoms with Crippen LogP contribution < -0.4 is 4.74 Å². The largest absolute Gasteiger partial charge is 0.491 e. The highest BCUT2D eigenvalue weighted by atomic mass is 19.4. The van der Waals surface area contributed by atoms with Gasteiger partial charge < -0.3 is 4.74 Å². The minimum atomic E-state index is -7.99. The topological polar surface area (TPSA) is 35.0 Å². The fraction of sp³-hybridized carbons (Fsp3) is 0.643. The minimum Gasteiger partial charge on any atom is -0.491 e. The third kappa shape index (κ3) is 8.69. The fourth-order valence-electron chi connectivity index (χ4n) is 4.01. The first kappa shape index (κ1) is 38.3. The Morgan fingerprint density at radius 2 is 1.18 bits per heavy atom. The van der Waals surface area contributed by atoms with Crippen molar-refractivity contribution in [1.82, 2.24) is 9.97 Å². The lowest BCUT2D eigenvalue weighted by atomic mass is 9.91. The molecule has 0 fully saturated rings. The summed E-state index contributed by atoms with van der Waals surface area (Å²) in [6.07, 6.45) is -3.60. The molecule has 45 heavy (non-hydrogen) atoms. The molecule has 0 bridgehead atoms. The molecule has 0 spiro atoms. The molecule has 17 heteroatoms. The zero-order chi connectivity index (χ0) is 34.3. The number of benzene rings is 1. The van der Waals surface area contributed by atoms with Crippen LogP contribution in [0.5, 0.6) is 5.75 Å². The molecule has 3 nitrogen and oxygen atoms in total. The molecule has 1 heterocycles. The van der Waals surface area contributed by atoms with Gasteiger partial charge in [-0.25, -0.2) is 14.4 Å². The molecule has 0 amide bonds. The number of nitrogens with zero attached hydrogens (tertiary/aromatic N) is 2. The van der Waals surface area contributed by atoms with Crippen molar-refractivity contribution >= 4 is 0 Å². The third-order valence-electron chi connectivity index (χ3n) is 6.84.